The first-order valence-electron chi connectivity index (χ1n) is 9.45. The van der Waals surface area contributed by atoms with Gasteiger partial charge in [0, 0.05) is 60.2 Å². The number of furan rings is 1. The van der Waals surface area contributed by atoms with Crippen molar-refractivity contribution in [2.75, 3.05) is 13.2 Å². The van der Waals surface area contributed by atoms with Crippen LogP contribution in [-0.2, 0) is 13.1 Å². The molecule has 0 atom stereocenters. The Labute approximate surface area is 175 Å². The number of nitrogens with one attached hydrogen (secondary N) is 1. The van der Waals surface area contributed by atoms with Crippen LogP contribution in [0.1, 0.15) is 11.1 Å². The number of aromatic nitrogens is 2. The first kappa shape index (κ1) is 18.8. The minimum absolute atomic E-state index is 0.343. The molecule has 2 aromatic carbocycles. The van der Waals surface area contributed by atoms with E-state index >= 15 is 0 Å². The van der Waals surface area contributed by atoms with Gasteiger partial charge < -0.3 is 14.1 Å². The lowest BCUT2D eigenvalue weighted by molar-refractivity contribution is 0.219. The van der Waals surface area contributed by atoms with Gasteiger partial charge in [0.15, 0.2) is 0 Å². The van der Waals surface area contributed by atoms with Gasteiger partial charge in [-0.25, -0.2) is 14.2 Å². The molecule has 0 saturated carbocycles. The van der Waals surface area contributed by atoms with Crippen molar-refractivity contribution in [1.29, 1.82) is 0 Å². The van der Waals surface area contributed by atoms with E-state index in [1.807, 2.05) is 12.1 Å². The number of ether oxygens (including phenoxy) is 1. The first-order chi connectivity index (χ1) is 14.6. The Hall–Kier alpha value is -3.16. The fraction of sp³-hybridized carbons (Fsp3) is 0.182. The second-order valence-corrected chi connectivity index (χ2v) is 7.63. The van der Waals surface area contributed by atoms with Crippen LogP contribution in [0.2, 0.25) is 5.02 Å². The van der Waals surface area contributed by atoms with Crippen LogP contribution in [-0.4, -0.2) is 28.0 Å². The summed E-state index contributed by atoms with van der Waals surface area (Å²) in [6.45, 7) is 2.43. The van der Waals surface area contributed by atoms with E-state index in [1.54, 1.807) is 24.7 Å². The topological polar surface area (TPSA) is 71.4 Å². The Morgan fingerprint density at radius 2 is 2.17 bits per heavy atom. The van der Waals surface area contributed by atoms with Crippen LogP contribution in [0.15, 0.2) is 58.2 Å². The van der Waals surface area contributed by atoms with E-state index < -0.39 is 0 Å². The summed E-state index contributed by atoms with van der Waals surface area (Å²) < 4.78 is 25.0. The van der Waals surface area contributed by atoms with E-state index in [1.165, 1.54) is 12.1 Å². The first-order valence-corrected chi connectivity index (χ1v) is 9.83. The summed E-state index contributed by atoms with van der Waals surface area (Å²) in [5, 5.41) is 1.34. The number of benzene rings is 2. The Morgan fingerprint density at radius 3 is 3.00 bits per heavy atom. The molecule has 0 unspecified atom stereocenters. The molecule has 1 aliphatic rings. The zero-order valence-corrected chi connectivity index (χ0v) is 16.6. The molecule has 0 amide bonds. The van der Waals surface area contributed by atoms with Crippen LogP contribution < -0.4 is 10.4 Å². The molecule has 30 heavy (non-hydrogen) atoms. The highest BCUT2D eigenvalue weighted by atomic mass is 35.5. The van der Waals surface area contributed by atoms with Gasteiger partial charge in [0.1, 0.15) is 23.8 Å². The fourth-order valence-electron chi connectivity index (χ4n) is 3.76. The second kappa shape index (κ2) is 7.59. The lowest BCUT2D eigenvalue weighted by atomic mass is 10.0. The van der Waals surface area contributed by atoms with Crippen molar-refractivity contribution < 1.29 is 13.5 Å². The molecule has 0 radical (unpaired) electrons. The SMILES string of the molecule is O=c1ncc(CN2CCOc3c(Cl)cc(-c4coc5cc(F)ccc45)cc3C2)c[nH]1. The maximum Gasteiger partial charge on any atom is 0.344 e. The summed E-state index contributed by atoms with van der Waals surface area (Å²) >= 11 is 6.55. The lowest BCUT2D eigenvalue weighted by Gasteiger charge is -2.19. The van der Waals surface area contributed by atoms with Crippen LogP contribution in [0.25, 0.3) is 22.1 Å². The Morgan fingerprint density at radius 1 is 1.27 bits per heavy atom. The summed E-state index contributed by atoms with van der Waals surface area (Å²) in [5.41, 5.74) is 3.69. The molecule has 0 aliphatic carbocycles. The van der Waals surface area contributed by atoms with E-state index in [0.717, 1.165) is 27.6 Å². The van der Waals surface area contributed by atoms with E-state index in [0.29, 0.717) is 42.6 Å². The molecule has 2 aromatic heterocycles. The maximum absolute atomic E-state index is 13.5. The van der Waals surface area contributed by atoms with Crippen molar-refractivity contribution in [3.05, 3.63) is 81.4 Å². The van der Waals surface area contributed by atoms with Gasteiger partial charge in [-0.15, -0.1) is 0 Å². The van der Waals surface area contributed by atoms with Crippen molar-refractivity contribution in [3.8, 4) is 16.9 Å². The number of halogens is 2. The predicted molar refractivity (Wildman–Crippen MR) is 111 cm³/mol. The highest BCUT2D eigenvalue weighted by molar-refractivity contribution is 6.32. The molecule has 0 bridgehead atoms. The van der Waals surface area contributed by atoms with Gasteiger partial charge in [-0.2, -0.15) is 0 Å². The molecule has 1 aliphatic heterocycles. The average molecular weight is 426 g/mol. The Balaban J connectivity index is 1.50. The highest BCUT2D eigenvalue weighted by Gasteiger charge is 2.21. The van der Waals surface area contributed by atoms with E-state index in [9.17, 15) is 9.18 Å². The van der Waals surface area contributed by atoms with Crippen LogP contribution >= 0.6 is 11.6 Å². The minimum Gasteiger partial charge on any atom is -0.490 e. The molecular formula is C22H17ClFN3O3. The molecule has 152 valence electrons. The van der Waals surface area contributed by atoms with Crippen molar-refractivity contribution in [1.82, 2.24) is 14.9 Å². The quantitative estimate of drug-likeness (QED) is 0.527. The van der Waals surface area contributed by atoms with Gasteiger partial charge in [-0.1, -0.05) is 11.6 Å². The number of fused-ring (bicyclic) bond motifs is 2. The molecule has 0 saturated heterocycles. The molecule has 1 N–H and O–H groups in total. The molecule has 0 fully saturated rings. The number of hydrogen-bond acceptors (Lipinski definition) is 5. The van der Waals surface area contributed by atoms with E-state index in [2.05, 4.69) is 14.9 Å². The number of nitrogens with zero attached hydrogens (tertiary/aromatic N) is 2. The monoisotopic (exact) mass is 425 g/mol. The predicted octanol–water partition coefficient (Wildman–Crippen LogP) is 4.37. The smallest absolute Gasteiger partial charge is 0.344 e. The molecule has 5 rings (SSSR count). The largest absolute Gasteiger partial charge is 0.490 e. The van der Waals surface area contributed by atoms with Crippen molar-refractivity contribution in [3.63, 3.8) is 0 Å². The van der Waals surface area contributed by atoms with Gasteiger partial charge in [-0.3, -0.25) is 4.90 Å². The lowest BCUT2D eigenvalue weighted by Crippen LogP contribution is -2.26. The third-order valence-corrected chi connectivity index (χ3v) is 5.43. The zero-order valence-electron chi connectivity index (χ0n) is 15.8. The standard InChI is InChI=1S/C22H17ClFN3O3/c23-19-6-14(18-12-30-20-7-16(24)1-2-17(18)20)5-15-11-27(3-4-29-21(15)19)10-13-8-25-22(28)26-9-13/h1-2,5-9,12H,3-4,10-11H2,(H,25,26,28). The van der Waals surface area contributed by atoms with Gasteiger partial charge >= 0.3 is 5.69 Å². The van der Waals surface area contributed by atoms with Crippen molar-refractivity contribution in [2.45, 2.75) is 13.1 Å². The molecule has 3 heterocycles. The maximum atomic E-state index is 13.5. The Kier molecular flexibility index (Phi) is 4.77. The number of H-pyrrole nitrogens is 1. The molecule has 0 spiro atoms. The van der Waals surface area contributed by atoms with Crippen LogP contribution in [0.5, 0.6) is 5.75 Å². The summed E-state index contributed by atoms with van der Waals surface area (Å²) in [6.07, 6.45) is 4.86. The summed E-state index contributed by atoms with van der Waals surface area (Å²) in [4.78, 5) is 19.8. The second-order valence-electron chi connectivity index (χ2n) is 7.22. The van der Waals surface area contributed by atoms with E-state index in [4.69, 9.17) is 20.8 Å². The van der Waals surface area contributed by atoms with Gasteiger partial charge in [0.05, 0.1) is 11.3 Å². The van der Waals surface area contributed by atoms with Crippen LogP contribution in [0.4, 0.5) is 4.39 Å². The fourth-order valence-corrected chi connectivity index (χ4v) is 4.05. The number of hydrogen-bond donors (Lipinski definition) is 1. The highest BCUT2D eigenvalue weighted by Crippen LogP contribution is 2.39. The van der Waals surface area contributed by atoms with Crippen LogP contribution in [0, 0.1) is 5.82 Å². The minimum atomic E-state index is -0.369. The van der Waals surface area contributed by atoms with Gasteiger partial charge in [-0.05, 0) is 29.8 Å². The average Bonchev–Trinajstić information content (AvgIpc) is 3.02. The summed E-state index contributed by atoms with van der Waals surface area (Å²) in [7, 11) is 0. The Bertz CT molecular complexity index is 1280. The number of rotatable bonds is 3. The molecule has 4 aromatic rings. The molecule has 8 heteroatoms. The normalized spacial score (nSPS) is 14.3. The zero-order chi connectivity index (χ0) is 20.7. The third-order valence-electron chi connectivity index (χ3n) is 5.15. The van der Waals surface area contributed by atoms with E-state index in [-0.39, 0.29) is 11.5 Å². The molecular weight excluding hydrogens is 409 g/mol. The van der Waals surface area contributed by atoms with Crippen molar-refractivity contribution in [2.24, 2.45) is 0 Å². The summed E-state index contributed by atoms with van der Waals surface area (Å²) in [5.74, 6) is 0.325. The van der Waals surface area contributed by atoms with Gasteiger partial charge in [0.25, 0.3) is 0 Å². The van der Waals surface area contributed by atoms with Crippen LogP contribution in [0.3, 0.4) is 0 Å². The van der Waals surface area contributed by atoms with Gasteiger partial charge in [0.2, 0.25) is 0 Å². The molecule has 6 nitrogen and oxygen atoms in total. The van der Waals surface area contributed by atoms with Crippen molar-refractivity contribution >= 4 is 22.6 Å². The summed E-state index contributed by atoms with van der Waals surface area (Å²) in [6, 6.07) is 8.35. The number of aromatic amines is 1. The third kappa shape index (κ3) is 3.58.